The van der Waals surface area contributed by atoms with Crippen LogP contribution in [0.5, 0.6) is 0 Å². The van der Waals surface area contributed by atoms with E-state index < -0.39 is 12.1 Å². The van der Waals surface area contributed by atoms with Crippen LogP contribution < -0.4 is 10.6 Å². The first-order valence-corrected chi connectivity index (χ1v) is 10.9. The number of benzene rings is 1. The fraction of sp³-hybridized carbons (Fsp3) is 0.500. The zero-order valence-electron chi connectivity index (χ0n) is 18.6. The second-order valence-corrected chi connectivity index (χ2v) is 10.0. The molecule has 1 aliphatic heterocycles. The van der Waals surface area contributed by atoms with Crippen molar-refractivity contribution in [2.75, 3.05) is 0 Å². The number of carboxylic acids is 1. The number of hydrogen-bond acceptors (Lipinski definition) is 5. The van der Waals surface area contributed by atoms with E-state index in [1.165, 1.54) is 16.9 Å². The average Bonchev–Trinajstić information content (AvgIpc) is 3.09. The third-order valence-electron chi connectivity index (χ3n) is 4.80. The Morgan fingerprint density at radius 1 is 1.12 bits per heavy atom. The fourth-order valence-electron chi connectivity index (χ4n) is 3.89. The molecule has 1 aromatic carbocycles. The van der Waals surface area contributed by atoms with Crippen LogP contribution in [-0.4, -0.2) is 45.3 Å². The van der Waals surface area contributed by atoms with Gasteiger partial charge in [0.2, 0.25) is 0 Å². The Labute approximate surface area is 189 Å². The van der Waals surface area contributed by atoms with Gasteiger partial charge in [0.15, 0.2) is 0 Å². The number of aliphatic carboxylic acids is 1. The maximum atomic E-state index is 12.6. The summed E-state index contributed by atoms with van der Waals surface area (Å²) in [5.74, 6) is -2.83. The van der Waals surface area contributed by atoms with Gasteiger partial charge in [-0.1, -0.05) is 29.8 Å². The van der Waals surface area contributed by atoms with E-state index in [0.29, 0.717) is 5.69 Å². The number of carboxylic acid groups (broad SMARTS) is 1. The smallest absolute Gasteiger partial charge is 0.475 e. The topological polar surface area (TPSA) is 91.3 Å². The van der Waals surface area contributed by atoms with Gasteiger partial charge in [-0.2, -0.15) is 13.2 Å². The molecule has 0 unspecified atom stereocenters. The molecular formula is C22H28F3N3O3S. The van der Waals surface area contributed by atoms with E-state index in [0.717, 1.165) is 23.4 Å². The molecule has 1 aromatic heterocycles. The summed E-state index contributed by atoms with van der Waals surface area (Å²) in [5.41, 5.74) is 2.80. The fourth-order valence-corrected chi connectivity index (χ4v) is 4.70. The van der Waals surface area contributed by atoms with Crippen molar-refractivity contribution in [2.24, 2.45) is 0 Å². The van der Waals surface area contributed by atoms with E-state index in [1.54, 1.807) is 0 Å². The quantitative estimate of drug-likeness (QED) is 0.599. The summed E-state index contributed by atoms with van der Waals surface area (Å²) < 4.78 is 31.7. The third kappa shape index (κ3) is 7.59. The highest BCUT2D eigenvalue weighted by Gasteiger charge is 2.39. The van der Waals surface area contributed by atoms with Gasteiger partial charge < -0.3 is 15.7 Å². The number of rotatable bonds is 3. The highest BCUT2D eigenvalue weighted by atomic mass is 32.1. The van der Waals surface area contributed by atoms with Crippen LogP contribution in [0.15, 0.2) is 29.6 Å². The van der Waals surface area contributed by atoms with E-state index in [1.807, 2.05) is 17.5 Å². The van der Waals surface area contributed by atoms with Gasteiger partial charge in [0, 0.05) is 28.1 Å². The zero-order chi connectivity index (χ0) is 24.3. The van der Waals surface area contributed by atoms with Crippen LogP contribution in [0.25, 0.3) is 10.6 Å². The van der Waals surface area contributed by atoms with Crippen LogP contribution in [-0.2, 0) is 4.79 Å². The molecule has 0 bridgehead atoms. The molecular weight excluding hydrogens is 443 g/mol. The second kappa shape index (κ2) is 9.58. The minimum atomic E-state index is -5.08. The minimum Gasteiger partial charge on any atom is -0.475 e. The van der Waals surface area contributed by atoms with Gasteiger partial charge in [-0.05, 0) is 47.5 Å². The number of nitrogens with one attached hydrogen (secondary N) is 2. The van der Waals surface area contributed by atoms with Gasteiger partial charge >= 0.3 is 12.1 Å². The lowest BCUT2D eigenvalue weighted by atomic mass is 9.79. The lowest BCUT2D eigenvalue weighted by molar-refractivity contribution is -0.192. The molecule has 3 rings (SSSR count). The monoisotopic (exact) mass is 471 g/mol. The van der Waals surface area contributed by atoms with Gasteiger partial charge in [-0.15, -0.1) is 11.3 Å². The number of nitrogens with zero attached hydrogens (tertiary/aromatic N) is 1. The van der Waals surface area contributed by atoms with Gasteiger partial charge in [0.1, 0.15) is 10.7 Å². The van der Waals surface area contributed by atoms with Crippen LogP contribution in [0.3, 0.4) is 0 Å². The van der Waals surface area contributed by atoms with Crippen molar-refractivity contribution in [2.45, 2.75) is 70.8 Å². The van der Waals surface area contributed by atoms with Crippen molar-refractivity contribution in [3.05, 3.63) is 40.9 Å². The molecule has 3 N–H and O–H groups in total. The number of aromatic nitrogens is 1. The predicted molar refractivity (Wildman–Crippen MR) is 118 cm³/mol. The Kier molecular flexibility index (Phi) is 7.72. The van der Waals surface area contributed by atoms with Crippen molar-refractivity contribution >= 4 is 23.2 Å². The molecule has 176 valence electrons. The molecule has 0 radical (unpaired) electrons. The number of aryl methyl sites for hydroxylation is 1. The maximum Gasteiger partial charge on any atom is 0.490 e. The number of halogens is 3. The van der Waals surface area contributed by atoms with Crippen molar-refractivity contribution in [3.63, 3.8) is 0 Å². The van der Waals surface area contributed by atoms with Crippen LogP contribution in [0.4, 0.5) is 13.2 Å². The molecule has 1 amide bonds. The third-order valence-corrected chi connectivity index (χ3v) is 5.69. The van der Waals surface area contributed by atoms with Crippen molar-refractivity contribution < 1.29 is 27.9 Å². The maximum absolute atomic E-state index is 12.6. The summed E-state index contributed by atoms with van der Waals surface area (Å²) in [4.78, 5) is 26.1. The molecule has 32 heavy (non-hydrogen) atoms. The number of alkyl halides is 3. The summed E-state index contributed by atoms with van der Waals surface area (Å²) >= 11 is 1.51. The van der Waals surface area contributed by atoms with Crippen LogP contribution in [0, 0.1) is 6.92 Å². The highest BCUT2D eigenvalue weighted by Crippen LogP contribution is 2.29. The van der Waals surface area contributed by atoms with Crippen molar-refractivity contribution in [3.8, 4) is 10.6 Å². The summed E-state index contributed by atoms with van der Waals surface area (Å²) in [6.07, 6.45) is -3.26. The van der Waals surface area contributed by atoms with E-state index >= 15 is 0 Å². The molecule has 0 atom stereocenters. The Morgan fingerprint density at radius 3 is 2.09 bits per heavy atom. The average molecular weight is 472 g/mol. The molecule has 1 fully saturated rings. The van der Waals surface area contributed by atoms with Crippen LogP contribution in [0.2, 0.25) is 0 Å². The first-order valence-electron chi connectivity index (χ1n) is 10.0. The molecule has 0 spiro atoms. The molecule has 10 heteroatoms. The number of piperidine rings is 1. The first kappa shape index (κ1) is 25.8. The van der Waals surface area contributed by atoms with Gasteiger partial charge in [0.25, 0.3) is 5.91 Å². The van der Waals surface area contributed by atoms with Gasteiger partial charge in [-0.3, -0.25) is 4.79 Å². The summed E-state index contributed by atoms with van der Waals surface area (Å²) in [6.45, 7) is 10.8. The van der Waals surface area contributed by atoms with E-state index in [4.69, 9.17) is 9.90 Å². The molecule has 1 aliphatic rings. The molecule has 2 heterocycles. The summed E-state index contributed by atoms with van der Waals surface area (Å²) in [5, 5.41) is 16.7. The minimum absolute atomic E-state index is 0.00876. The number of hydrogen-bond donors (Lipinski definition) is 3. The largest absolute Gasteiger partial charge is 0.490 e. The van der Waals surface area contributed by atoms with Crippen molar-refractivity contribution in [1.29, 1.82) is 0 Å². The van der Waals surface area contributed by atoms with Crippen LogP contribution in [0.1, 0.15) is 56.6 Å². The molecule has 6 nitrogen and oxygen atoms in total. The number of thiazole rings is 1. The zero-order valence-corrected chi connectivity index (χ0v) is 19.4. The van der Waals surface area contributed by atoms with Gasteiger partial charge in [0.05, 0.1) is 0 Å². The number of carbonyl (C=O) groups is 2. The van der Waals surface area contributed by atoms with E-state index in [-0.39, 0.29) is 23.0 Å². The lowest BCUT2D eigenvalue weighted by Crippen LogP contribution is -2.62. The lowest BCUT2D eigenvalue weighted by Gasteiger charge is -2.46. The summed E-state index contributed by atoms with van der Waals surface area (Å²) in [7, 11) is 0. The van der Waals surface area contributed by atoms with Gasteiger partial charge in [-0.25, -0.2) is 9.78 Å². The normalized spacial score (nSPS) is 17.8. The van der Waals surface area contributed by atoms with E-state index in [9.17, 15) is 18.0 Å². The molecule has 0 saturated carbocycles. The van der Waals surface area contributed by atoms with E-state index in [2.05, 4.69) is 62.4 Å². The second-order valence-electron chi connectivity index (χ2n) is 9.18. The van der Waals surface area contributed by atoms with Crippen LogP contribution >= 0.6 is 11.3 Å². The predicted octanol–water partition coefficient (Wildman–Crippen LogP) is 4.79. The Balaban J connectivity index is 0.000000451. The molecule has 0 aliphatic carbocycles. The SMILES string of the molecule is Cc1ccc(-c2nc(C(=O)NC3CC(C)(C)NC(C)(C)C3)cs2)cc1.O=C(O)C(F)(F)F. The Bertz CT molecular complexity index is 937. The molecule has 2 aromatic rings. The highest BCUT2D eigenvalue weighted by molar-refractivity contribution is 7.13. The number of carbonyl (C=O) groups excluding carboxylic acids is 1. The summed E-state index contributed by atoms with van der Waals surface area (Å²) in [6, 6.07) is 8.38. The number of amides is 1. The standard InChI is InChI=1S/C20H27N3OS.C2HF3O2/c1-13-6-8-14(9-7-13)18-22-16(12-25-18)17(24)21-15-10-19(2,3)23-20(4,5)11-15;3-2(4,5)1(6)7/h6-9,12,15,23H,10-11H2,1-5H3,(H,21,24);(H,6,7). The first-order chi connectivity index (χ1) is 14.6. The van der Waals surface area contributed by atoms with Crippen molar-refractivity contribution in [1.82, 2.24) is 15.6 Å². The Hall–Kier alpha value is -2.46. The Morgan fingerprint density at radius 2 is 1.62 bits per heavy atom. The molecule has 1 saturated heterocycles.